The van der Waals surface area contributed by atoms with Gasteiger partial charge in [-0.3, -0.25) is 14.7 Å². The van der Waals surface area contributed by atoms with Gasteiger partial charge < -0.3 is 19.4 Å². The Hall–Kier alpha value is -2.71. The number of carbonyl (C=O) groups excluding carboxylic acids is 1. The van der Waals surface area contributed by atoms with Crippen molar-refractivity contribution in [2.45, 2.75) is 0 Å². The number of carbonyl (C=O) groups is 1. The zero-order chi connectivity index (χ0) is 20.8. The van der Waals surface area contributed by atoms with Crippen molar-refractivity contribution < 1.29 is 9.53 Å². The number of amides is 1. The molecule has 160 valence electrons. The Labute approximate surface area is 178 Å². The van der Waals surface area contributed by atoms with Crippen molar-refractivity contribution in [2.75, 3.05) is 77.5 Å². The molecule has 1 amide bonds. The van der Waals surface area contributed by atoms with Crippen LogP contribution in [0, 0.1) is 0 Å². The summed E-state index contributed by atoms with van der Waals surface area (Å²) in [5.74, 6) is 1.68. The lowest BCUT2D eigenvalue weighted by Crippen LogP contribution is -2.48. The molecule has 0 N–H and O–H groups in total. The van der Waals surface area contributed by atoms with Crippen LogP contribution in [0.15, 0.2) is 42.7 Å². The van der Waals surface area contributed by atoms with Crippen LogP contribution in [-0.2, 0) is 0 Å². The maximum absolute atomic E-state index is 12.8. The van der Waals surface area contributed by atoms with Gasteiger partial charge >= 0.3 is 0 Å². The first-order valence-corrected chi connectivity index (χ1v) is 10.6. The maximum atomic E-state index is 12.8. The van der Waals surface area contributed by atoms with Gasteiger partial charge in [0.05, 0.1) is 12.4 Å². The zero-order valence-electron chi connectivity index (χ0n) is 17.6. The standard InChI is InChI=1S/C22H30N6O2/c1-25-7-11-28(12-8-25)22(29)20-17-23-18-21(24-20)27-13-9-26(10-14-27)15-16-30-19-5-3-2-4-6-19/h2-6,17-18H,7-16H2,1H3. The van der Waals surface area contributed by atoms with Crippen LogP contribution in [-0.4, -0.2) is 103 Å². The third kappa shape index (κ3) is 5.25. The van der Waals surface area contributed by atoms with E-state index in [1.54, 1.807) is 12.4 Å². The molecule has 1 aromatic heterocycles. The van der Waals surface area contributed by atoms with Crippen molar-refractivity contribution in [2.24, 2.45) is 0 Å². The van der Waals surface area contributed by atoms with Gasteiger partial charge in [-0.2, -0.15) is 0 Å². The first-order chi connectivity index (χ1) is 14.7. The molecule has 2 aromatic rings. The lowest BCUT2D eigenvalue weighted by molar-refractivity contribution is 0.0657. The number of para-hydroxylation sites is 1. The summed E-state index contributed by atoms with van der Waals surface area (Å²) in [7, 11) is 2.08. The summed E-state index contributed by atoms with van der Waals surface area (Å²) in [6.45, 7) is 8.47. The number of aromatic nitrogens is 2. The Morgan fingerprint density at radius 3 is 2.43 bits per heavy atom. The van der Waals surface area contributed by atoms with E-state index in [0.29, 0.717) is 12.3 Å². The molecule has 3 heterocycles. The minimum absolute atomic E-state index is 0.0193. The van der Waals surface area contributed by atoms with Crippen molar-refractivity contribution in [1.29, 1.82) is 0 Å². The molecule has 2 fully saturated rings. The smallest absolute Gasteiger partial charge is 0.274 e. The molecule has 1 aromatic carbocycles. The van der Waals surface area contributed by atoms with Crippen LogP contribution in [0.3, 0.4) is 0 Å². The number of piperazine rings is 2. The van der Waals surface area contributed by atoms with Gasteiger partial charge in [-0.1, -0.05) is 18.2 Å². The highest BCUT2D eigenvalue weighted by Gasteiger charge is 2.23. The van der Waals surface area contributed by atoms with E-state index in [1.807, 2.05) is 35.2 Å². The number of benzene rings is 1. The second-order valence-electron chi connectivity index (χ2n) is 7.85. The van der Waals surface area contributed by atoms with Gasteiger partial charge in [-0.25, -0.2) is 4.98 Å². The molecule has 0 spiro atoms. The number of ether oxygens (including phenoxy) is 1. The summed E-state index contributed by atoms with van der Waals surface area (Å²) in [6.07, 6.45) is 3.34. The summed E-state index contributed by atoms with van der Waals surface area (Å²) < 4.78 is 5.80. The average molecular weight is 411 g/mol. The van der Waals surface area contributed by atoms with Gasteiger partial charge in [0.25, 0.3) is 5.91 Å². The fraction of sp³-hybridized carbons (Fsp3) is 0.500. The number of rotatable bonds is 6. The predicted octanol–water partition coefficient (Wildman–Crippen LogP) is 1.07. The highest BCUT2D eigenvalue weighted by atomic mass is 16.5. The van der Waals surface area contributed by atoms with Crippen LogP contribution in [0.5, 0.6) is 5.75 Å². The second-order valence-corrected chi connectivity index (χ2v) is 7.85. The average Bonchev–Trinajstić information content (AvgIpc) is 2.80. The maximum Gasteiger partial charge on any atom is 0.274 e. The molecule has 8 nitrogen and oxygen atoms in total. The molecule has 0 saturated carbocycles. The SMILES string of the molecule is CN1CCN(C(=O)c2cncc(N3CCN(CCOc4ccccc4)CC3)n2)CC1. The Balaban J connectivity index is 1.26. The minimum atomic E-state index is -0.0193. The van der Waals surface area contributed by atoms with Crippen LogP contribution in [0.25, 0.3) is 0 Å². The van der Waals surface area contributed by atoms with Gasteiger partial charge in [0.15, 0.2) is 0 Å². The minimum Gasteiger partial charge on any atom is -0.492 e. The molecule has 2 aliphatic rings. The van der Waals surface area contributed by atoms with Crippen LogP contribution in [0.4, 0.5) is 5.82 Å². The Kier molecular flexibility index (Phi) is 6.76. The second kappa shape index (κ2) is 9.86. The monoisotopic (exact) mass is 410 g/mol. The highest BCUT2D eigenvalue weighted by molar-refractivity contribution is 5.92. The number of nitrogens with zero attached hydrogens (tertiary/aromatic N) is 6. The molecule has 0 atom stereocenters. The van der Waals surface area contributed by atoms with Crippen LogP contribution >= 0.6 is 0 Å². The van der Waals surface area contributed by atoms with Crippen molar-refractivity contribution in [3.8, 4) is 5.75 Å². The van der Waals surface area contributed by atoms with E-state index >= 15 is 0 Å². The van der Waals surface area contributed by atoms with E-state index in [9.17, 15) is 4.79 Å². The van der Waals surface area contributed by atoms with Gasteiger partial charge in [0.2, 0.25) is 0 Å². The van der Waals surface area contributed by atoms with Gasteiger partial charge in [0, 0.05) is 58.9 Å². The molecule has 0 unspecified atom stereocenters. The summed E-state index contributed by atoms with van der Waals surface area (Å²) in [4.78, 5) is 30.4. The lowest BCUT2D eigenvalue weighted by Gasteiger charge is -2.35. The molecular weight excluding hydrogens is 380 g/mol. The fourth-order valence-corrected chi connectivity index (χ4v) is 3.79. The normalized spacial score (nSPS) is 18.4. The van der Waals surface area contributed by atoms with Crippen molar-refractivity contribution in [3.05, 3.63) is 48.4 Å². The quantitative estimate of drug-likeness (QED) is 0.706. The summed E-state index contributed by atoms with van der Waals surface area (Å²) in [5.41, 5.74) is 0.441. The topological polar surface area (TPSA) is 65.0 Å². The van der Waals surface area contributed by atoms with Crippen LogP contribution < -0.4 is 9.64 Å². The third-order valence-corrected chi connectivity index (χ3v) is 5.75. The van der Waals surface area contributed by atoms with E-state index in [1.165, 1.54) is 0 Å². The van der Waals surface area contributed by atoms with Crippen LogP contribution in [0.1, 0.15) is 10.5 Å². The number of hydrogen-bond acceptors (Lipinski definition) is 7. The number of anilines is 1. The number of likely N-dealkylation sites (N-methyl/N-ethyl adjacent to an activating group) is 1. The Morgan fingerprint density at radius 1 is 0.967 bits per heavy atom. The van der Waals surface area contributed by atoms with Gasteiger partial charge in [-0.15, -0.1) is 0 Å². The lowest BCUT2D eigenvalue weighted by atomic mass is 10.3. The Bertz CT molecular complexity index is 817. The van der Waals surface area contributed by atoms with E-state index in [2.05, 4.69) is 31.7 Å². The van der Waals surface area contributed by atoms with Gasteiger partial charge in [0.1, 0.15) is 23.9 Å². The van der Waals surface area contributed by atoms with Gasteiger partial charge in [-0.05, 0) is 19.2 Å². The molecule has 2 saturated heterocycles. The molecule has 8 heteroatoms. The third-order valence-electron chi connectivity index (χ3n) is 5.75. The first kappa shape index (κ1) is 20.6. The van der Waals surface area contributed by atoms with Crippen molar-refractivity contribution in [1.82, 2.24) is 24.7 Å². The largest absolute Gasteiger partial charge is 0.492 e. The summed E-state index contributed by atoms with van der Waals surface area (Å²) in [6, 6.07) is 9.91. The predicted molar refractivity (Wildman–Crippen MR) is 116 cm³/mol. The van der Waals surface area contributed by atoms with Crippen LogP contribution in [0.2, 0.25) is 0 Å². The van der Waals surface area contributed by atoms with E-state index in [4.69, 9.17) is 4.74 Å². The molecule has 4 rings (SSSR count). The van der Waals surface area contributed by atoms with E-state index in [-0.39, 0.29) is 5.91 Å². The molecule has 30 heavy (non-hydrogen) atoms. The molecule has 0 aliphatic carbocycles. The summed E-state index contributed by atoms with van der Waals surface area (Å²) in [5, 5.41) is 0. The number of hydrogen-bond donors (Lipinski definition) is 0. The molecule has 0 radical (unpaired) electrons. The van der Waals surface area contributed by atoms with Crippen molar-refractivity contribution in [3.63, 3.8) is 0 Å². The zero-order valence-corrected chi connectivity index (χ0v) is 17.6. The van der Waals surface area contributed by atoms with E-state index < -0.39 is 0 Å². The van der Waals surface area contributed by atoms with Crippen molar-refractivity contribution >= 4 is 11.7 Å². The molecule has 0 bridgehead atoms. The fourth-order valence-electron chi connectivity index (χ4n) is 3.79. The first-order valence-electron chi connectivity index (χ1n) is 10.6. The Morgan fingerprint density at radius 2 is 1.70 bits per heavy atom. The molecular formula is C22H30N6O2. The van der Waals surface area contributed by atoms with E-state index in [0.717, 1.165) is 70.5 Å². The molecule has 2 aliphatic heterocycles. The highest BCUT2D eigenvalue weighted by Crippen LogP contribution is 2.15. The summed E-state index contributed by atoms with van der Waals surface area (Å²) >= 11 is 0.